The van der Waals surface area contributed by atoms with Crippen LogP contribution in [0.25, 0.3) is 5.69 Å². The van der Waals surface area contributed by atoms with Crippen molar-refractivity contribution in [1.29, 1.82) is 0 Å². The van der Waals surface area contributed by atoms with E-state index >= 15 is 0 Å². The van der Waals surface area contributed by atoms with E-state index in [1.807, 2.05) is 48.9 Å². The first-order valence-corrected chi connectivity index (χ1v) is 8.71. The van der Waals surface area contributed by atoms with Crippen molar-refractivity contribution in [3.05, 3.63) is 47.3 Å². The summed E-state index contributed by atoms with van der Waals surface area (Å²) in [5.41, 5.74) is 3.35. The monoisotopic (exact) mass is 342 g/mol. The van der Waals surface area contributed by atoms with Gasteiger partial charge in [-0.2, -0.15) is 5.10 Å². The van der Waals surface area contributed by atoms with E-state index in [1.54, 1.807) is 7.11 Å². The largest absolute Gasteiger partial charge is 0.368 e. The van der Waals surface area contributed by atoms with Crippen LogP contribution >= 0.6 is 0 Å². The number of aryl methyl sites for hydroxylation is 2. The molecule has 0 bridgehead atoms. The predicted octanol–water partition coefficient (Wildman–Crippen LogP) is 1.87. The van der Waals surface area contributed by atoms with Gasteiger partial charge in [0.1, 0.15) is 5.60 Å². The maximum atomic E-state index is 12.8. The van der Waals surface area contributed by atoms with Gasteiger partial charge in [0.15, 0.2) is 0 Å². The van der Waals surface area contributed by atoms with Gasteiger partial charge in [-0.25, -0.2) is 4.68 Å². The van der Waals surface area contributed by atoms with Crippen molar-refractivity contribution in [2.24, 2.45) is 0 Å². The summed E-state index contributed by atoms with van der Waals surface area (Å²) in [6, 6.07) is 10.1. The molecule has 25 heavy (non-hydrogen) atoms. The molecule has 0 radical (unpaired) electrons. The third kappa shape index (κ3) is 3.60. The quantitative estimate of drug-likeness (QED) is 0.870. The van der Waals surface area contributed by atoms with E-state index < -0.39 is 5.60 Å². The number of rotatable bonds is 5. The Kier molecular flexibility index (Phi) is 5.20. The first-order valence-electron chi connectivity index (χ1n) is 8.71. The number of methoxy groups -OCH3 is 1. The fourth-order valence-corrected chi connectivity index (χ4v) is 3.43. The number of carbonyl (C=O) groups is 1. The average molecular weight is 342 g/mol. The third-order valence-corrected chi connectivity index (χ3v) is 4.88. The van der Waals surface area contributed by atoms with E-state index in [0.29, 0.717) is 19.4 Å². The molecule has 1 aliphatic heterocycles. The van der Waals surface area contributed by atoms with Crippen LogP contribution in [0.1, 0.15) is 29.8 Å². The topological polar surface area (TPSA) is 68.2 Å². The van der Waals surface area contributed by atoms with Crippen molar-refractivity contribution in [3.63, 3.8) is 0 Å². The zero-order chi connectivity index (χ0) is 17.9. The smallest absolute Gasteiger partial charge is 0.252 e. The van der Waals surface area contributed by atoms with Crippen LogP contribution in [-0.4, -0.2) is 41.5 Å². The van der Waals surface area contributed by atoms with E-state index in [0.717, 1.165) is 35.7 Å². The fourth-order valence-electron chi connectivity index (χ4n) is 3.43. The first kappa shape index (κ1) is 17.6. The number of benzene rings is 1. The minimum absolute atomic E-state index is 0.0420. The second kappa shape index (κ2) is 7.37. The summed E-state index contributed by atoms with van der Waals surface area (Å²) in [4.78, 5) is 12.8. The molecule has 6 heteroatoms. The Morgan fingerprint density at radius 2 is 2.04 bits per heavy atom. The molecule has 134 valence electrons. The van der Waals surface area contributed by atoms with Crippen molar-refractivity contribution in [1.82, 2.24) is 20.4 Å². The van der Waals surface area contributed by atoms with Crippen molar-refractivity contribution in [2.75, 3.05) is 20.2 Å². The van der Waals surface area contributed by atoms with Crippen LogP contribution in [0.5, 0.6) is 0 Å². The molecule has 1 amide bonds. The Bertz CT molecular complexity index is 748. The Morgan fingerprint density at radius 1 is 1.32 bits per heavy atom. The van der Waals surface area contributed by atoms with Crippen LogP contribution in [0.2, 0.25) is 0 Å². The summed E-state index contributed by atoms with van der Waals surface area (Å²) in [6.07, 6.45) is 1.38. The molecule has 1 aliphatic rings. The maximum Gasteiger partial charge on any atom is 0.252 e. The molecular formula is C19H26N4O2. The van der Waals surface area contributed by atoms with E-state index in [1.165, 1.54) is 0 Å². The number of piperidine rings is 1. The number of para-hydroxylation sites is 1. The molecule has 0 saturated carbocycles. The number of ether oxygens (including phenoxy) is 1. The number of nitrogens with one attached hydrogen (secondary N) is 2. The van der Waals surface area contributed by atoms with E-state index in [9.17, 15) is 4.79 Å². The number of nitrogens with zero attached hydrogens (tertiary/aromatic N) is 2. The van der Waals surface area contributed by atoms with Gasteiger partial charge in [-0.3, -0.25) is 4.79 Å². The van der Waals surface area contributed by atoms with Crippen molar-refractivity contribution >= 4 is 5.91 Å². The van der Waals surface area contributed by atoms with Gasteiger partial charge in [0.25, 0.3) is 5.91 Å². The molecule has 1 fully saturated rings. The molecule has 2 heterocycles. The molecule has 2 N–H and O–H groups in total. The van der Waals surface area contributed by atoms with Gasteiger partial charge in [0.05, 0.1) is 11.4 Å². The Hall–Kier alpha value is -2.18. The molecule has 2 aromatic rings. The zero-order valence-corrected chi connectivity index (χ0v) is 15.1. The van der Waals surface area contributed by atoms with E-state index in [-0.39, 0.29) is 5.91 Å². The van der Waals surface area contributed by atoms with Crippen LogP contribution < -0.4 is 10.6 Å². The SMILES string of the molecule is COC1(C(=O)NCc2ccccc2-n2nc(C)cc2C)CCNCC1. The van der Waals surface area contributed by atoms with Gasteiger partial charge in [0.2, 0.25) is 0 Å². The number of carbonyl (C=O) groups excluding carboxylic acids is 1. The molecule has 0 unspecified atom stereocenters. The van der Waals surface area contributed by atoms with Crippen molar-refractivity contribution in [2.45, 2.75) is 38.8 Å². The number of amides is 1. The fraction of sp³-hybridized carbons (Fsp3) is 0.474. The van der Waals surface area contributed by atoms with Gasteiger partial charge in [-0.1, -0.05) is 18.2 Å². The minimum atomic E-state index is -0.724. The molecule has 3 rings (SSSR count). The highest BCUT2D eigenvalue weighted by molar-refractivity contribution is 5.85. The van der Waals surface area contributed by atoms with Crippen molar-refractivity contribution < 1.29 is 9.53 Å². The summed E-state index contributed by atoms with van der Waals surface area (Å²) < 4.78 is 7.52. The molecular weight excluding hydrogens is 316 g/mol. The van der Waals surface area contributed by atoms with Crippen LogP contribution in [0.15, 0.2) is 30.3 Å². The van der Waals surface area contributed by atoms with Gasteiger partial charge >= 0.3 is 0 Å². The minimum Gasteiger partial charge on any atom is -0.368 e. The summed E-state index contributed by atoms with van der Waals surface area (Å²) in [7, 11) is 1.62. The van der Waals surface area contributed by atoms with Gasteiger partial charge in [-0.05, 0) is 57.5 Å². The van der Waals surface area contributed by atoms with Crippen molar-refractivity contribution in [3.8, 4) is 5.69 Å². The third-order valence-electron chi connectivity index (χ3n) is 4.88. The van der Waals surface area contributed by atoms with E-state index in [2.05, 4.69) is 15.7 Å². The summed E-state index contributed by atoms with van der Waals surface area (Å²) in [6.45, 7) is 6.05. The van der Waals surface area contributed by atoms with Crippen LogP contribution in [0.3, 0.4) is 0 Å². The van der Waals surface area contributed by atoms with Crippen LogP contribution in [-0.2, 0) is 16.1 Å². The van der Waals surface area contributed by atoms with Gasteiger partial charge in [0, 0.05) is 19.3 Å². The summed E-state index contributed by atoms with van der Waals surface area (Å²) >= 11 is 0. The average Bonchev–Trinajstić information content (AvgIpc) is 2.98. The molecule has 1 aromatic heterocycles. The lowest BCUT2D eigenvalue weighted by Gasteiger charge is -2.34. The molecule has 0 spiro atoms. The summed E-state index contributed by atoms with van der Waals surface area (Å²) in [5, 5.41) is 10.9. The molecule has 0 atom stereocenters. The predicted molar refractivity (Wildman–Crippen MR) is 96.7 cm³/mol. The van der Waals surface area contributed by atoms with Gasteiger partial charge < -0.3 is 15.4 Å². The Morgan fingerprint density at radius 3 is 2.68 bits per heavy atom. The Labute approximate surface area is 148 Å². The lowest BCUT2D eigenvalue weighted by Crippen LogP contribution is -2.54. The highest BCUT2D eigenvalue weighted by Gasteiger charge is 2.39. The van der Waals surface area contributed by atoms with Crippen LogP contribution in [0, 0.1) is 13.8 Å². The normalized spacial score (nSPS) is 16.6. The second-order valence-corrected chi connectivity index (χ2v) is 6.60. The highest BCUT2D eigenvalue weighted by atomic mass is 16.5. The second-order valence-electron chi connectivity index (χ2n) is 6.60. The highest BCUT2D eigenvalue weighted by Crippen LogP contribution is 2.23. The van der Waals surface area contributed by atoms with Gasteiger partial charge in [-0.15, -0.1) is 0 Å². The molecule has 1 aromatic carbocycles. The number of aromatic nitrogens is 2. The maximum absolute atomic E-state index is 12.8. The molecule has 0 aliphatic carbocycles. The molecule has 6 nitrogen and oxygen atoms in total. The zero-order valence-electron chi connectivity index (χ0n) is 15.1. The van der Waals surface area contributed by atoms with E-state index in [4.69, 9.17) is 4.74 Å². The lowest BCUT2D eigenvalue weighted by molar-refractivity contribution is -0.146. The Balaban J connectivity index is 1.78. The lowest BCUT2D eigenvalue weighted by atomic mass is 9.91. The number of hydrogen-bond acceptors (Lipinski definition) is 4. The molecule has 1 saturated heterocycles. The number of hydrogen-bond donors (Lipinski definition) is 2. The summed E-state index contributed by atoms with van der Waals surface area (Å²) in [5.74, 6) is -0.0420. The van der Waals surface area contributed by atoms with Crippen LogP contribution in [0.4, 0.5) is 0 Å². The standard InChI is InChI=1S/C19H26N4O2/c1-14-12-15(2)23(22-14)17-7-5-4-6-16(17)13-21-18(24)19(25-3)8-10-20-11-9-19/h4-7,12,20H,8-11,13H2,1-3H3,(H,21,24). The first-order chi connectivity index (χ1) is 12.1.